The molecule has 2 aromatic carbocycles. The fraction of sp³-hybridized carbons (Fsp3) is 0.486. The van der Waals surface area contributed by atoms with E-state index in [2.05, 4.69) is 22.3 Å². The summed E-state index contributed by atoms with van der Waals surface area (Å²) in [7, 11) is 2.89. The van der Waals surface area contributed by atoms with Crippen LogP contribution in [0.15, 0.2) is 54.6 Å². The molecule has 1 atom stereocenters. The second-order valence-corrected chi connectivity index (χ2v) is 12.2. The van der Waals surface area contributed by atoms with Gasteiger partial charge >= 0.3 is 5.97 Å². The van der Waals surface area contributed by atoms with Crippen molar-refractivity contribution in [3.63, 3.8) is 0 Å². The van der Waals surface area contributed by atoms with Gasteiger partial charge in [0.05, 0.1) is 31.5 Å². The van der Waals surface area contributed by atoms with Crippen molar-refractivity contribution >= 4 is 17.8 Å². The van der Waals surface area contributed by atoms with E-state index in [1.165, 1.54) is 7.11 Å². The third-order valence-corrected chi connectivity index (χ3v) is 8.18. The third kappa shape index (κ3) is 9.33. The number of aromatic nitrogens is 2. The SMILES string of the molecule is COC(=O)CNC(=O)C[C@H](CC(C)C)NC(=O)c1cc(-c2c(OC)cccc2OCc2ccccc2)n(C2CCC(C)CC2)n1. The van der Waals surface area contributed by atoms with Crippen LogP contribution in [-0.4, -0.2) is 54.4 Å². The fourth-order valence-electron chi connectivity index (χ4n) is 5.81. The number of carbonyl (C=O) groups is 3. The molecule has 4 rings (SSSR count). The average Bonchev–Trinajstić information content (AvgIpc) is 3.48. The van der Waals surface area contributed by atoms with Crippen LogP contribution in [0.3, 0.4) is 0 Å². The fourth-order valence-corrected chi connectivity index (χ4v) is 5.81. The summed E-state index contributed by atoms with van der Waals surface area (Å²) in [5, 5.41) is 10.5. The average molecular weight is 619 g/mol. The highest BCUT2D eigenvalue weighted by atomic mass is 16.5. The van der Waals surface area contributed by atoms with Gasteiger partial charge in [0.15, 0.2) is 5.69 Å². The first kappa shape index (κ1) is 33.6. The smallest absolute Gasteiger partial charge is 0.325 e. The summed E-state index contributed by atoms with van der Waals surface area (Å²) in [5.74, 6) is 0.871. The lowest BCUT2D eigenvalue weighted by Gasteiger charge is -2.28. The Labute approximate surface area is 265 Å². The van der Waals surface area contributed by atoms with E-state index in [0.29, 0.717) is 30.4 Å². The summed E-state index contributed by atoms with van der Waals surface area (Å²) in [5.41, 5.74) is 2.78. The predicted molar refractivity (Wildman–Crippen MR) is 172 cm³/mol. The number of ether oxygens (including phenoxy) is 3. The number of nitrogens with zero attached hydrogens (tertiary/aromatic N) is 2. The second-order valence-electron chi connectivity index (χ2n) is 12.2. The number of esters is 1. The molecule has 0 bridgehead atoms. The number of amides is 2. The summed E-state index contributed by atoms with van der Waals surface area (Å²) in [6, 6.07) is 17.1. The van der Waals surface area contributed by atoms with Gasteiger partial charge in [0.25, 0.3) is 5.91 Å². The van der Waals surface area contributed by atoms with E-state index in [4.69, 9.17) is 14.6 Å². The highest BCUT2D eigenvalue weighted by Gasteiger charge is 2.29. The van der Waals surface area contributed by atoms with Crippen LogP contribution in [0.4, 0.5) is 0 Å². The summed E-state index contributed by atoms with van der Waals surface area (Å²) in [4.78, 5) is 37.9. The zero-order valence-corrected chi connectivity index (χ0v) is 27.0. The van der Waals surface area contributed by atoms with Gasteiger partial charge in [-0.05, 0) is 67.7 Å². The van der Waals surface area contributed by atoms with Crippen molar-refractivity contribution in [1.29, 1.82) is 0 Å². The second kappa shape index (κ2) is 16.1. The lowest BCUT2D eigenvalue weighted by atomic mass is 9.87. The molecule has 3 aromatic rings. The molecule has 10 nitrogen and oxygen atoms in total. The highest BCUT2D eigenvalue weighted by molar-refractivity contribution is 5.94. The van der Waals surface area contributed by atoms with Crippen molar-refractivity contribution in [3.8, 4) is 22.8 Å². The maximum atomic E-state index is 13.8. The van der Waals surface area contributed by atoms with E-state index in [1.54, 1.807) is 13.2 Å². The largest absolute Gasteiger partial charge is 0.496 e. The number of carbonyl (C=O) groups excluding carboxylic acids is 3. The van der Waals surface area contributed by atoms with Crippen LogP contribution in [0.25, 0.3) is 11.3 Å². The number of hydrogen-bond donors (Lipinski definition) is 2. The minimum Gasteiger partial charge on any atom is -0.496 e. The van der Waals surface area contributed by atoms with Gasteiger partial charge in [0.1, 0.15) is 24.7 Å². The molecule has 45 heavy (non-hydrogen) atoms. The molecule has 0 spiro atoms. The number of nitrogens with one attached hydrogen (secondary N) is 2. The van der Waals surface area contributed by atoms with Gasteiger partial charge in [-0.3, -0.25) is 19.1 Å². The third-order valence-electron chi connectivity index (χ3n) is 8.18. The highest BCUT2D eigenvalue weighted by Crippen LogP contribution is 2.42. The van der Waals surface area contributed by atoms with E-state index >= 15 is 0 Å². The molecule has 0 radical (unpaired) electrons. The Hall–Kier alpha value is -4.34. The van der Waals surface area contributed by atoms with Crippen molar-refractivity contribution in [3.05, 3.63) is 65.9 Å². The minimum atomic E-state index is -0.536. The molecular formula is C35H46N4O6. The van der Waals surface area contributed by atoms with Gasteiger partial charge in [-0.15, -0.1) is 0 Å². The van der Waals surface area contributed by atoms with E-state index in [-0.39, 0.29) is 42.4 Å². The summed E-state index contributed by atoms with van der Waals surface area (Å²) < 4.78 is 18.7. The lowest BCUT2D eigenvalue weighted by molar-refractivity contribution is -0.141. The van der Waals surface area contributed by atoms with E-state index in [9.17, 15) is 14.4 Å². The molecule has 0 aliphatic heterocycles. The summed E-state index contributed by atoms with van der Waals surface area (Å²) >= 11 is 0. The molecule has 0 saturated heterocycles. The maximum absolute atomic E-state index is 13.8. The first-order valence-corrected chi connectivity index (χ1v) is 15.8. The van der Waals surface area contributed by atoms with E-state index in [1.807, 2.05) is 67.1 Å². The normalized spacial score (nSPS) is 16.9. The Morgan fingerprint density at radius 2 is 1.69 bits per heavy atom. The molecule has 0 unspecified atom stereocenters. The Morgan fingerprint density at radius 3 is 2.36 bits per heavy atom. The van der Waals surface area contributed by atoms with E-state index in [0.717, 1.165) is 42.5 Å². The zero-order valence-electron chi connectivity index (χ0n) is 27.0. The molecule has 2 amide bonds. The van der Waals surface area contributed by atoms with Crippen LogP contribution >= 0.6 is 0 Å². The lowest BCUT2D eigenvalue weighted by Crippen LogP contribution is -2.41. The van der Waals surface area contributed by atoms with Gasteiger partial charge in [0, 0.05) is 12.5 Å². The molecule has 1 aliphatic rings. The Kier molecular flexibility index (Phi) is 12.0. The first-order chi connectivity index (χ1) is 21.7. The quantitative estimate of drug-likeness (QED) is 0.222. The molecule has 2 N–H and O–H groups in total. The van der Waals surface area contributed by atoms with Crippen LogP contribution in [0, 0.1) is 11.8 Å². The van der Waals surface area contributed by atoms with Crippen LogP contribution in [0.1, 0.15) is 81.4 Å². The molecule has 10 heteroatoms. The number of benzene rings is 2. The number of hydrogen-bond acceptors (Lipinski definition) is 7. The molecule has 1 aliphatic carbocycles. The van der Waals surface area contributed by atoms with Crippen LogP contribution in [0.5, 0.6) is 11.5 Å². The summed E-state index contributed by atoms with van der Waals surface area (Å²) in [6.45, 7) is 6.48. The van der Waals surface area contributed by atoms with Crippen LogP contribution in [0.2, 0.25) is 0 Å². The summed E-state index contributed by atoms with van der Waals surface area (Å²) in [6.07, 6.45) is 4.65. The molecular weight excluding hydrogens is 572 g/mol. The topological polar surface area (TPSA) is 121 Å². The molecule has 1 fully saturated rings. The van der Waals surface area contributed by atoms with Crippen LogP contribution in [-0.2, 0) is 20.9 Å². The maximum Gasteiger partial charge on any atom is 0.325 e. The number of methoxy groups -OCH3 is 2. The number of rotatable bonds is 14. The van der Waals surface area contributed by atoms with Crippen molar-refractivity contribution in [1.82, 2.24) is 20.4 Å². The van der Waals surface area contributed by atoms with Crippen LogP contribution < -0.4 is 20.1 Å². The van der Waals surface area contributed by atoms with Crippen molar-refractivity contribution in [2.45, 2.75) is 78.0 Å². The molecule has 242 valence electrons. The Balaban J connectivity index is 1.66. The van der Waals surface area contributed by atoms with Crippen molar-refractivity contribution < 1.29 is 28.6 Å². The van der Waals surface area contributed by atoms with Crippen molar-refractivity contribution in [2.75, 3.05) is 20.8 Å². The van der Waals surface area contributed by atoms with Gasteiger partial charge in [0.2, 0.25) is 5.91 Å². The molecule has 1 saturated carbocycles. The monoisotopic (exact) mass is 618 g/mol. The zero-order chi connectivity index (χ0) is 32.3. The minimum absolute atomic E-state index is 0.0268. The Bertz CT molecular complexity index is 1430. The van der Waals surface area contributed by atoms with Gasteiger partial charge in [-0.25, -0.2) is 0 Å². The molecule has 1 aromatic heterocycles. The van der Waals surface area contributed by atoms with Gasteiger partial charge < -0.3 is 24.8 Å². The standard InChI is InChI=1S/C35H46N4O6/c1-23(2)18-26(19-32(40)36-21-33(41)44-5)37-35(42)28-20-29(39(38-28)27-16-14-24(3)15-17-27)34-30(43-4)12-9-13-31(34)45-22-25-10-7-6-8-11-25/h6-13,20,23-24,26-27H,14-19,21-22H2,1-5H3,(H,36,40)(H,37,42)/t24?,26-,27?/m0/s1. The first-order valence-electron chi connectivity index (χ1n) is 15.8. The van der Waals surface area contributed by atoms with Gasteiger partial charge in [-0.1, -0.05) is 57.2 Å². The van der Waals surface area contributed by atoms with E-state index < -0.39 is 12.0 Å². The van der Waals surface area contributed by atoms with Crippen molar-refractivity contribution in [2.24, 2.45) is 11.8 Å². The van der Waals surface area contributed by atoms with Gasteiger partial charge in [-0.2, -0.15) is 5.10 Å². The predicted octanol–water partition coefficient (Wildman–Crippen LogP) is 5.71. The Morgan fingerprint density at radius 1 is 0.978 bits per heavy atom. The molecule has 1 heterocycles.